The lowest BCUT2D eigenvalue weighted by atomic mass is 10.4. The van der Waals surface area contributed by atoms with E-state index in [1.807, 2.05) is 11.9 Å². The van der Waals surface area contributed by atoms with E-state index < -0.39 is 0 Å². The molecule has 0 aromatic carbocycles. The molecule has 0 amide bonds. The standard InChI is InChI=1S/C8H9Cl2N3/c1-3-4-13(2)6-5-7(9)11-12-8(6)10/h3,5H,1,4H2,2H3. The smallest absolute Gasteiger partial charge is 0.175 e. The number of anilines is 1. The van der Waals surface area contributed by atoms with Gasteiger partial charge in [-0.25, -0.2) is 0 Å². The van der Waals surface area contributed by atoms with Gasteiger partial charge in [0.15, 0.2) is 10.3 Å². The first-order chi connectivity index (χ1) is 6.15. The van der Waals surface area contributed by atoms with Crippen molar-refractivity contribution in [3.8, 4) is 0 Å². The van der Waals surface area contributed by atoms with Crippen molar-refractivity contribution in [1.82, 2.24) is 10.2 Å². The molecule has 0 fully saturated rings. The second-order valence-corrected chi connectivity index (χ2v) is 3.26. The van der Waals surface area contributed by atoms with Crippen LogP contribution in [0, 0.1) is 0 Å². The third-order valence-electron chi connectivity index (χ3n) is 1.51. The lowest BCUT2D eigenvalue weighted by Gasteiger charge is -2.17. The summed E-state index contributed by atoms with van der Waals surface area (Å²) in [6.45, 7) is 4.31. The molecule has 5 heteroatoms. The first kappa shape index (κ1) is 10.3. The first-order valence-corrected chi connectivity index (χ1v) is 4.41. The summed E-state index contributed by atoms with van der Waals surface area (Å²) in [4.78, 5) is 1.88. The highest BCUT2D eigenvalue weighted by molar-refractivity contribution is 6.33. The Morgan fingerprint density at radius 2 is 2.23 bits per heavy atom. The summed E-state index contributed by atoms with van der Waals surface area (Å²) >= 11 is 11.5. The zero-order valence-electron chi connectivity index (χ0n) is 7.17. The van der Waals surface area contributed by atoms with Gasteiger partial charge >= 0.3 is 0 Å². The summed E-state index contributed by atoms with van der Waals surface area (Å²) in [5.74, 6) is 0. The fourth-order valence-electron chi connectivity index (χ4n) is 0.904. The van der Waals surface area contributed by atoms with E-state index in [1.165, 1.54) is 0 Å². The Labute approximate surface area is 87.0 Å². The average Bonchev–Trinajstić information content (AvgIpc) is 2.09. The van der Waals surface area contributed by atoms with E-state index in [0.717, 1.165) is 5.69 Å². The maximum atomic E-state index is 5.82. The topological polar surface area (TPSA) is 29.0 Å². The van der Waals surface area contributed by atoms with Crippen LogP contribution >= 0.6 is 23.2 Å². The fourth-order valence-corrected chi connectivity index (χ4v) is 1.28. The maximum Gasteiger partial charge on any atom is 0.175 e. The molecule has 0 bridgehead atoms. The number of halogens is 2. The van der Waals surface area contributed by atoms with Crippen LogP contribution in [0.4, 0.5) is 5.69 Å². The van der Waals surface area contributed by atoms with E-state index in [4.69, 9.17) is 23.2 Å². The molecule has 70 valence electrons. The highest BCUT2D eigenvalue weighted by atomic mass is 35.5. The van der Waals surface area contributed by atoms with E-state index in [1.54, 1.807) is 12.1 Å². The molecular formula is C8H9Cl2N3. The van der Waals surface area contributed by atoms with Crippen LogP contribution in [-0.2, 0) is 0 Å². The third kappa shape index (κ3) is 2.57. The number of rotatable bonds is 3. The van der Waals surface area contributed by atoms with Crippen LogP contribution in [0.3, 0.4) is 0 Å². The summed E-state index contributed by atoms with van der Waals surface area (Å²) < 4.78 is 0. The molecule has 0 atom stereocenters. The highest BCUT2D eigenvalue weighted by Crippen LogP contribution is 2.23. The van der Waals surface area contributed by atoms with E-state index in [0.29, 0.717) is 16.9 Å². The molecule has 0 N–H and O–H groups in total. The van der Waals surface area contributed by atoms with Crippen molar-refractivity contribution in [3.05, 3.63) is 29.0 Å². The van der Waals surface area contributed by atoms with Gasteiger partial charge in [0.05, 0.1) is 5.69 Å². The normalized spacial score (nSPS) is 9.77. The van der Waals surface area contributed by atoms with Crippen LogP contribution in [0.1, 0.15) is 0 Å². The second-order valence-electron chi connectivity index (χ2n) is 2.51. The summed E-state index contributed by atoms with van der Waals surface area (Å²) in [6.07, 6.45) is 1.77. The molecule has 0 aliphatic rings. The van der Waals surface area contributed by atoms with Crippen molar-refractivity contribution in [2.45, 2.75) is 0 Å². The highest BCUT2D eigenvalue weighted by Gasteiger charge is 2.07. The molecule has 3 nitrogen and oxygen atoms in total. The van der Waals surface area contributed by atoms with Gasteiger partial charge in [-0.2, -0.15) is 0 Å². The minimum Gasteiger partial charge on any atom is -0.368 e. The van der Waals surface area contributed by atoms with Crippen molar-refractivity contribution >= 4 is 28.9 Å². The number of hydrogen-bond donors (Lipinski definition) is 0. The Bertz CT molecular complexity index is 314. The van der Waals surface area contributed by atoms with Crippen LogP contribution in [0.15, 0.2) is 18.7 Å². The molecule has 0 unspecified atom stereocenters. The van der Waals surface area contributed by atoms with Gasteiger partial charge < -0.3 is 4.90 Å². The van der Waals surface area contributed by atoms with Crippen molar-refractivity contribution in [2.24, 2.45) is 0 Å². The van der Waals surface area contributed by atoms with Crippen molar-refractivity contribution < 1.29 is 0 Å². The lowest BCUT2D eigenvalue weighted by molar-refractivity contribution is 0.974. The molecule has 0 saturated carbocycles. The quantitative estimate of drug-likeness (QED) is 0.729. The van der Waals surface area contributed by atoms with Crippen LogP contribution < -0.4 is 4.90 Å². The van der Waals surface area contributed by atoms with Crippen LogP contribution in [0.2, 0.25) is 10.3 Å². The number of nitrogens with zero attached hydrogens (tertiary/aromatic N) is 3. The molecule has 1 aromatic heterocycles. The third-order valence-corrected chi connectivity index (χ3v) is 1.97. The molecule has 0 radical (unpaired) electrons. The molecule has 0 aliphatic heterocycles. The Hall–Kier alpha value is -0.800. The zero-order valence-corrected chi connectivity index (χ0v) is 8.68. The Kier molecular flexibility index (Phi) is 3.51. The van der Waals surface area contributed by atoms with Gasteiger partial charge in [0, 0.05) is 19.7 Å². The summed E-state index contributed by atoms with van der Waals surface area (Å²) in [6, 6.07) is 1.67. The summed E-state index contributed by atoms with van der Waals surface area (Å²) in [5.41, 5.74) is 0.751. The van der Waals surface area contributed by atoms with Gasteiger partial charge in [0.1, 0.15) is 0 Å². The minimum absolute atomic E-state index is 0.329. The van der Waals surface area contributed by atoms with Crippen molar-refractivity contribution in [3.63, 3.8) is 0 Å². The summed E-state index contributed by atoms with van der Waals surface area (Å²) in [5, 5.41) is 7.97. The van der Waals surface area contributed by atoms with Gasteiger partial charge in [-0.3, -0.25) is 0 Å². The molecule has 1 heterocycles. The van der Waals surface area contributed by atoms with E-state index in [-0.39, 0.29) is 0 Å². The van der Waals surface area contributed by atoms with Gasteiger partial charge in [0.2, 0.25) is 0 Å². The Morgan fingerprint density at radius 1 is 1.54 bits per heavy atom. The lowest BCUT2D eigenvalue weighted by Crippen LogP contribution is -2.17. The minimum atomic E-state index is 0.329. The van der Waals surface area contributed by atoms with E-state index in [2.05, 4.69) is 16.8 Å². The average molecular weight is 218 g/mol. The number of likely N-dealkylation sites (N-methyl/N-ethyl adjacent to an activating group) is 1. The SMILES string of the molecule is C=CCN(C)c1cc(Cl)nnc1Cl. The zero-order chi connectivity index (χ0) is 9.84. The van der Waals surface area contributed by atoms with Crippen LogP contribution in [0.25, 0.3) is 0 Å². The number of hydrogen-bond acceptors (Lipinski definition) is 3. The molecule has 0 saturated heterocycles. The molecule has 1 rings (SSSR count). The predicted octanol–water partition coefficient (Wildman–Crippen LogP) is 2.41. The second kappa shape index (κ2) is 4.44. The fraction of sp³-hybridized carbons (Fsp3) is 0.250. The molecule has 13 heavy (non-hydrogen) atoms. The molecule has 1 aromatic rings. The van der Waals surface area contributed by atoms with Gasteiger partial charge in [-0.15, -0.1) is 16.8 Å². The van der Waals surface area contributed by atoms with Gasteiger partial charge in [-0.1, -0.05) is 29.3 Å². The predicted molar refractivity (Wildman–Crippen MR) is 55.5 cm³/mol. The van der Waals surface area contributed by atoms with Gasteiger partial charge in [0.25, 0.3) is 0 Å². The Morgan fingerprint density at radius 3 is 2.85 bits per heavy atom. The van der Waals surface area contributed by atoms with E-state index in [9.17, 15) is 0 Å². The van der Waals surface area contributed by atoms with Crippen LogP contribution in [-0.4, -0.2) is 23.8 Å². The molecule has 0 spiro atoms. The van der Waals surface area contributed by atoms with Crippen molar-refractivity contribution in [1.29, 1.82) is 0 Å². The Balaban J connectivity index is 2.97. The number of aromatic nitrogens is 2. The maximum absolute atomic E-state index is 5.82. The molecule has 0 aliphatic carbocycles. The van der Waals surface area contributed by atoms with E-state index >= 15 is 0 Å². The summed E-state index contributed by atoms with van der Waals surface area (Å²) in [7, 11) is 1.88. The van der Waals surface area contributed by atoms with Crippen molar-refractivity contribution in [2.75, 3.05) is 18.5 Å². The van der Waals surface area contributed by atoms with Gasteiger partial charge in [-0.05, 0) is 0 Å². The first-order valence-electron chi connectivity index (χ1n) is 3.66. The molecular weight excluding hydrogens is 209 g/mol. The monoisotopic (exact) mass is 217 g/mol. The van der Waals surface area contributed by atoms with Crippen LogP contribution in [0.5, 0.6) is 0 Å². The largest absolute Gasteiger partial charge is 0.368 e.